The highest BCUT2D eigenvalue weighted by molar-refractivity contribution is 6.06. The van der Waals surface area contributed by atoms with Gasteiger partial charge in [-0.05, 0) is 56.1 Å². The molecule has 2 N–H and O–H groups in total. The number of carbonyl (C=O) groups excluding carboxylic acids is 1. The fourth-order valence-electron chi connectivity index (χ4n) is 4.68. The Morgan fingerprint density at radius 3 is 2.58 bits per heavy atom. The van der Waals surface area contributed by atoms with Gasteiger partial charge in [0, 0.05) is 28.8 Å². The van der Waals surface area contributed by atoms with Crippen molar-refractivity contribution < 1.29 is 4.79 Å². The van der Waals surface area contributed by atoms with E-state index >= 15 is 0 Å². The van der Waals surface area contributed by atoms with Crippen LogP contribution in [-0.2, 0) is 16.8 Å². The van der Waals surface area contributed by atoms with Crippen LogP contribution < -0.4 is 5.32 Å². The van der Waals surface area contributed by atoms with Gasteiger partial charge in [0.05, 0.1) is 5.41 Å². The van der Waals surface area contributed by atoms with Crippen molar-refractivity contribution >= 4 is 22.5 Å². The average Bonchev–Trinajstić information content (AvgIpc) is 3.13. The first-order valence-electron chi connectivity index (χ1n) is 9.37. The molecule has 1 fully saturated rings. The molecule has 0 aliphatic carbocycles. The highest BCUT2D eigenvalue weighted by Crippen LogP contribution is 2.44. The Balaban J connectivity index is 1.36. The van der Waals surface area contributed by atoms with Crippen LogP contribution in [0.2, 0.25) is 0 Å². The molecule has 0 unspecified atom stereocenters. The molecule has 132 valence electrons. The normalized spacial score (nSPS) is 19.0. The second-order valence-corrected chi connectivity index (χ2v) is 7.63. The molecule has 0 saturated carbocycles. The zero-order chi connectivity index (χ0) is 17.7. The summed E-state index contributed by atoms with van der Waals surface area (Å²) in [6.07, 6.45) is 1.77. The number of para-hydroxylation sites is 2. The molecule has 5 rings (SSSR count). The number of likely N-dealkylation sites (tertiary alicyclic amines) is 1. The molecule has 26 heavy (non-hydrogen) atoms. The first-order chi connectivity index (χ1) is 12.7. The largest absolute Gasteiger partial charge is 0.357 e. The summed E-state index contributed by atoms with van der Waals surface area (Å²) in [6, 6.07) is 16.6. The summed E-state index contributed by atoms with van der Waals surface area (Å²) < 4.78 is 0. The fourth-order valence-corrected chi connectivity index (χ4v) is 4.68. The molecule has 1 saturated heterocycles. The molecule has 0 radical (unpaired) electrons. The first-order valence-corrected chi connectivity index (χ1v) is 9.37. The number of aromatic nitrogens is 1. The summed E-state index contributed by atoms with van der Waals surface area (Å²) in [5, 5.41) is 4.39. The maximum atomic E-state index is 12.7. The number of anilines is 1. The number of nitrogens with zero attached hydrogens (tertiary/aromatic N) is 1. The maximum Gasteiger partial charge on any atom is 0.235 e. The third-order valence-corrected chi connectivity index (χ3v) is 6.29. The number of piperidine rings is 1. The van der Waals surface area contributed by atoms with E-state index in [1.807, 2.05) is 18.2 Å². The highest BCUT2D eigenvalue weighted by atomic mass is 16.2. The van der Waals surface area contributed by atoms with E-state index in [2.05, 4.69) is 52.5 Å². The average molecular weight is 345 g/mol. The number of carbonyl (C=O) groups is 1. The number of aryl methyl sites for hydroxylation is 1. The van der Waals surface area contributed by atoms with Crippen LogP contribution in [0.1, 0.15) is 29.7 Å². The van der Waals surface area contributed by atoms with Gasteiger partial charge in [-0.3, -0.25) is 9.69 Å². The van der Waals surface area contributed by atoms with Gasteiger partial charge < -0.3 is 10.3 Å². The van der Waals surface area contributed by atoms with Crippen molar-refractivity contribution in [3.05, 3.63) is 65.4 Å². The van der Waals surface area contributed by atoms with E-state index in [0.29, 0.717) is 0 Å². The van der Waals surface area contributed by atoms with Crippen molar-refractivity contribution in [3.63, 3.8) is 0 Å². The molecule has 1 aromatic heterocycles. The van der Waals surface area contributed by atoms with Crippen molar-refractivity contribution in [2.24, 2.45) is 0 Å². The van der Waals surface area contributed by atoms with E-state index in [4.69, 9.17) is 0 Å². The molecule has 0 bridgehead atoms. The Kier molecular flexibility index (Phi) is 3.44. The lowest BCUT2D eigenvalue weighted by atomic mass is 9.73. The Labute approximate surface area is 153 Å². The van der Waals surface area contributed by atoms with E-state index in [9.17, 15) is 4.79 Å². The summed E-state index contributed by atoms with van der Waals surface area (Å²) in [7, 11) is 0. The van der Waals surface area contributed by atoms with E-state index < -0.39 is 0 Å². The molecule has 2 aliphatic heterocycles. The van der Waals surface area contributed by atoms with Gasteiger partial charge in [0.25, 0.3) is 0 Å². The number of nitrogens with one attached hydrogen (secondary N) is 2. The standard InChI is InChI=1S/C22H23N3O/c1-15-16-6-2-4-8-18(16)23-20(15)14-25-12-10-22(11-13-25)17-7-3-5-9-19(17)24-21(22)26/h2-9,23H,10-14H2,1H3,(H,24,26). The van der Waals surface area contributed by atoms with Crippen LogP contribution in [-0.4, -0.2) is 28.9 Å². The van der Waals surface area contributed by atoms with Crippen LogP contribution in [0.15, 0.2) is 48.5 Å². The fraction of sp³-hybridized carbons (Fsp3) is 0.318. The first kappa shape index (κ1) is 15.6. The number of rotatable bonds is 2. The molecule has 1 spiro atoms. The Morgan fingerprint density at radius 1 is 1.04 bits per heavy atom. The zero-order valence-corrected chi connectivity index (χ0v) is 15.0. The molecular formula is C22H23N3O. The quantitative estimate of drug-likeness (QED) is 0.738. The van der Waals surface area contributed by atoms with Crippen molar-refractivity contribution in [2.75, 3.05) is 18.4 Å². The van der Waals surface area contributed by atoms with Crippen LogP contribution >= 0.6 is 0 Å². The lowest BCUT2D eigenvalue weighted by Gasteiger charge is -2.38. The van der Waals surface area contributed by atoms with Crippen molar-refractivity contribution in [1.29, 1.82) is 0 Å². The van der Waals surface area contributed by atoms with Crippen LogP contribution in [0.3, 0.4) is 0 Å². The summed E-state index contributed by atoms with van der Waals surface area (Å²) in [4.78, 5) is 18.8. The van der Waals surface area contributed by atoms with Crippen molar-refractivity contribution in [1.82, 2.24) is 9.88 Å². The minimum Gasteiger partial charge on any atom is -0.357 e. The van der Waals surface area contributed by atoms with Gasteiger partial charge in [0.1, 0.15) is 0 Å². The molecule has 4 nitrogen and oxygen atoms in total. The molecule has 2 aliphatic rings. The number of hydrogen-bond acceptors (Lipinski definition) is 2. The molecule has 4 heteroatoms. The van der Waals surface area contributed by atoms with Gasteiger partial charge >= 0.3 is 0 Å². The number of fused-ring (bicyclic) bond motifs is 3. The molecule has 0 atom stereocenters. The number of H-pyrrole nitrogens is 1. The Bertz CT molecular complexity index is 996. The minimum absolute atomic E-state index is 0.181. The predicted octanol–water partition coefficient (Wildman–Crippen LogP) is 3.96. The maximum absolute atomic E-state index is 12.7. The zero-order valence-electron chi connectivity index (χ0n) is 15.0. The second kappa shape index (κ2) is 5.71. The number of hydrogen-bond donors (Lipinski definition) is 2. The van der Waals surface area contributed by atoms with E-state index in [-0.39, 0.29) is 11.3 Å². The van der Waals surface area contributed by atoms with Gasteiger partial charge in [0.2, 0.25) is 5.91 Å². The van der Waals surface area contributed by atoms with Crippen LogP contribution in [0, 0.1) is 6.92 Å². The van der Waals surface area contributed by atoms with Gasteiger partial charge in [-0.15, -0.1) is 0 Å². The molecule has 3 heterocycles. The number of benzene rings is 2. The van der Waals surface area contributed by atoms with Crippen LogP contribution in [0.4, 0.5) is 5.69 Å². The Hall–Kier alpha value is -2.59. The third kappa shape index (κ3) is 2.22. The SMILES string of the molecule is Cc1c(CN2CCC3(CC2)C(=O)Nc2ccccc23)[nH]c2ccccc12. The molecule has 2 aromatic carbocycles. The van der Waals surface area contributed by atoms with Crippen molar-refractivity contribution in [3.8, 4) is 0 Å². The third-order valence-electron chi connectivity index (χ3n) is 6.29. The molecular weight excluding hydrogens is 322 g/mol. The van der Waals surface area contributed by atoms with E-state index in [1.165, 1.54) is 27.7 Å². The summed E-state index contributed by atoms with van der Waals surface area (Å²) >= 11 is 0. The highest BCUT2D eigenvalue weighted by Gasteiger charge is 2.48. The Morgan fingerprint density at radius 2 is 1.77 bits per heavy atom. The van der Waals surface area contributed by atoms with Crippen LogP contribution in [0.25, 0.3) is 10.9 Å². The van der Waals surface area contributed by atoms with E-state index in [1.54, 1.807) is 0 Å². The van der Waals surface area contributed by atoms with E-state index in [0.717, 1.165) is 38.2 Å². The second-order valence-electron chi connectivity index (χ2n) is 7.63. The summed E-state index contributed by atoms with van der Waals surface area (Å²) in [6.45, 7) is 4.99. The van der Waals surface area contributed by atoms with Crippen LogP contribution in [0.5, 0.6) is 0 Å². The van der Waals surface area contributed by atoms with Crippen molar-refractivity contribution in [2.45, 2.75) is 31.7 Å². The topological polar surface area (TPSA) is 48.1 Å². The molecule has 3 aromatic rings. The monoisotopic (exact) mass is 345 g/mol. The smallest absolute Gasteiger partial charge is 0.235 e. The predicted molar refractivity (Wildman–Crippen MR) is 104 cm³/mol. The molecule has 1 amide bonds. The number of amides is 1. The van der Waals surface area contributed by atoms with Gasteiger partial charge in [-0.25, -0.2) is 0 Å². The lowest BCUT2D eigenvalue weighted by molar-refractivity contribution is -0.122. The lowest BCUT2D eigenvalue weighted by Crippen LogP contribution is -2.46. The van der Waals surface area contributed by atoms with Gasteiger partial charge in [-0.2, -0.15) is 0 Å². The van der Waals surface area contributed by atoms with Gasteiger partial charge in [-0.1, -0.05) is 36.4 Å². The summed E-state index contributed by atoms with van der Waals surface area (Å²) in [5.74, 6) is 0.181. The summed E-state index contributed by atoms with van der Waals surface area (Å²) in [5.41, 5.74) is 5.69. The van der Waals surface area contributed by atoms with Gasteiger partial charge in [0.15, 0.2) is 0 Å². The minimum atomic E-state index is -0.331. The number of aromatic amines is 1.